The molecule has 98 valence electrons. The Balaban J connectivity index is 2.16. The highest BCUT2D eigenvalue weighted by Crippen LogP contribution is 2.28. The molecular weight excluding hydrogens is 268 g/mol. The SMILES string of the molecule is CN(C)CCCN(C)c1nc(Cl)nc2sccc12. The molecule has 6 heteroatoms. The van der Waals surface area contributed by atoms with E-state index in [2.05, 4.69) is 33.9 Å². The van der Waals surface area contributed by atoms with Gasteiger partial charge in [-0.1, -0.05) is 0 Å². The van der Waals surface area contributed by atoms with Crippen molar-refractivity contribution in [1.82, 2.24) is 14.9 Å². The quantitative estimate of drug-likeness (QED) is 0.791. The van der Waals surface area contributed by atoms with E-state index in [0.717, 1.165) is 35.5 Å². The van der Waals surface area contributed by atoms with Gasteiger partial charge in [0.1, 0.15) is 10.6 Å². The fraction of sp³-hybridized carbons (Fsp3) is 0.500. The summed E-state index contributed by atoms with van der Waals surface area (Å²) >= 11 is 7.55. The summed E-state index contributed by atoms with van der Waals surface area (Å²) in [7, 11) is 6.21. The van der Waals surface area contributed by atoms with Crippen molar-refractivity contribution in [2.24, 2.45) is 0 Å². The highest BCUT2D eigenvalue weighted by atomic mass is 35.5. The van der Waals surface area contributed by atoms with E-state index in [1.54, 1.807) is 11.3 Å². The molecule has 0 atom stereocenters. The molecule has 18 heavy (non-hydrogen) atoms. The van der Waals surface area contributed by atoms with E-state index < -0.39 is 0 Å². The van der Waals surface area contributed by atoms with Crippen LogP contribution in [-0.2, 0) is 0 Å². The molecule has 0 bridgehead atoms. The molecule has 0 aromatic carbocycles. The third-order valence-corrected chi connectivity index (χ3v) is 3.71. The van der Waals surface area contributed by atoms with E-state index in [1.165, 1.54) is 0 Å². The smallest absolute Gasteiger partial charge is 0.225 e. The van der Waals surface area contributed by atoms with Gasteiger partial charge in [-0.3, -0.25) is 0 Å². The summed E-state index contributed by atoms with van der Waals surface area (Å²) in [6, 6.07) is 2.05. The Morgan fingerprint density at radius 3 is 2.72 bits per heavy atom. The van der Waals surface area contributed by atoms with Crippen molar-refractivity contribution >= 4 is 39.0 Å². The van der Waals surface area contributed by atoms with Gasteiger partial charge in [0.15, 0.2) is 0 Å². The van der Waals surface area contributed by atoms with Crippen molar-refractivity contribution < 1.29 is 0 Å². The van der Waals surface area contributed by atoms with Crippen molar-refractivity contribution in [3.8, 4) is 0 Å². The van der Waals surface area contributed by atoms with Crippen LogP contribution >= 0.6 is 22.9 Å². The van der Waals surface area contributed by atoms with E-state index in [4.69, 9.17) is 11.6 Å². The number of rotatable bonds is 5. The van der Waals surface area contributed by atoms with Gasteiger partial charge < -0.3 is 9.80 Å². The Labute approximate surface area is 116 Å². The predicted molar refractivity (Wildman–Crippen MR) is 78.9 cm³/mol. The molecule has 0 aliphatic rings. The minimum Gasteiger partial charge on any atom is -0.359 e. The van der Waals surface area contributed by atoms with Crippen molar-refractivity contribution in [1.29, 1.82) is 0 Å². The van der Waals surface area contributed by atoms with Gasteiger partial charge >= 0.3 is 0 Å². The first-order valence-electron chi connectivity index (χ1n) is 5.84. The molecular formula is C12H17ClN4S. The number of fused-ring (bicyclic) bond motifs is 1. The number of aromatic nitrogens is 2. The molecule has 4 nitrogen and oxygen atoms in total. The van der Waals surface area contributed by atoms with Crippen molar-refractivity contribution in [3.05, 3.63) is 16.7 Å². The van der Waals surface area contributed by atoms with E-state index >= 15 is 0 Å². The molecule has 0 fully saturated rings. The van der Waals surface area contributed by atoms with Crippen molar-refractivity contribution in [2.45, 2.75) is 6.42 Å². The highest BCUT2D eigenvalue weighted by Gasteiger charge is 2.11. The first-order chi connectivity index (χ1) is 8.58. The number of hydrogen-bond acceptors (Lipinski definition) is 5. The molecule has 0 spiro atoms. The summed E-state index contributed by atoms with van der Waals surface area (Å²) in [5.74, 6) is 0.921. The monoisotopic (exact) mass is 284 g/mol. The Hall–Kier alpha value is -0.910. The van der Waals surface area contributed by atoms with Crippen LogP contribution in [0.2, 0.25) is 5.28 Å². The average Bonchev–Trinajstić information content (AvgIpc) is 2.74. The Kier molecular flexibility index (Phi) is 4.37. The summed E-state index contributed by atoms with van der Waals surface area (Å²) in [6.07, 6.45) is 1.09. The lowest BCUT2D eigenvalue weighted by molar-refractivity contribution is 0.401. The minimum atomic E-state index is 0.319. The standard InChI is InChI=1S/C12H17ClN4S/c1-16(2)6-4-7-17(3)10-9-5-8-18-11(9)15-12(13)14-10/h5,8H,4,6-7H2,1-3H3. The summed E-state index contributed by atoms with van der Waals surface area (Å²) in [4.78, 5) is 13.8. The van der Waals surface area contributed by atoms with Crippen LogP contribution in [0, 0.1) is 0 Å². The molecule has 0 aliphatic heterocycles. The van der Waals surface area contributed by atoms with Crippen LogP contribution in [0.5, 0.6) is 0 Å². The Morgan fingerprint density at radius 2 is 2.00 bits per heavy atom. The molecule has 0 saturated carbocycles. The second-order valence-electron chi connectivity index (χ2n) is 4.53. The van der Waals surface area contributed by atoms with Crippen LogP contribution in [0.1, 0.15) is 6.42 Å². The van der Waals surface area contributed by atoms with Gasteiger partial charge in [-0.15, -0.1) is 11.3 Å². The van der Waals surface area contributed by atoms with Gasteiger partial charge in [0.05, 0.1) is 5.39 Å². The number of halogens is 1. The second-order valence-corrected chi connectivity index (χ2v) is 5.77. The third-order valence-electron chi connectivity index (χ3n) is 2.74. The van der Waals surface area contributed by atoms with Crippen molar-refractivity contribution in [3.63, 3.8) is 0 Å². The van der Waals surface area contributed by atoms with Crippen LogP contribution in [0.3, 0.4) is 0 Å². The zero-order chi connectivity index (χ0) is 13.1. The maximum Gasteiger partial charge on any atom is 0.225 e. The number of nitrogens with zero attached hydrogens (tertiary/aromatic N) is 4. The van der Waals surface area contributed by atoms with Gasteiger partial charge in [0.2, 0.25) is 5.28 Å². The Bertz CT molecular complexity index is 526. The Morgan fingerprint density at radius 1 is 1.22 bits per heavy atom. The van der Waals surface area contributed by atoms with E-state index in [0.29, 0.717) is 5.28 Å². The van der Waals surface area contributed by atoms with Crippen LogP contribution in [0.4, 0.5) is 5.82 Å². The van der Waals surface area contributed by atoms with Crippen LogP contribution in [0.15, 0.2) is 11.4 Å². The van der Waals surface area contributed by atoms with E-state index in [-0.39, 0.29) is 0 Å². The molecule has 2 heterocycles. The molecule has 2 aromatic heterocycles. The zero-order valence-corrected chi connectivity index (χ0v) is 12.4. The third kappa shape index (κ3) is 3.10. The van der Waals surface area contributed by atoms with Gasteiger partial charge in [0, 0.05) is 13.6 Å². The largest absolute Gasteiger partial charge is 0.359 e. The van der Waals surface area contributed by atoms with Gasteiger partial charge in [-0.05, 0) is 50.1 Å². The first-order valence-corrected chi connectivity index (χ1v) is 7.10. The summed E-state index contributed by atoms with van der Waals surface area (Å²) in [6.45, 7) is 2.02. The van der Waals surface area contributed by atoms with Crippen LogP contribution in [0.25, 0.3) is 10.2 Å². The molecule has 0 amide bonds. The normalized spacial score (nSPS) is 11.4. The summed E-state index contributed by atoms with van der Waals surface area (Å²) in [5, 5.41) is 3.42. The highest BCUT2D eigenvalue weighted by molar-refractivity contribution is 7.16. The lowest BCUT2D eigenvalue weighted by Crippen LogP contribution is -2.24. The molecule has 0 aliphatic carbocycles. The maximum atomic E-state index is 5.96. The van der Waals surface area contributed by atoms with Crippen LogP contribution in [-0.4, -0.2) is 49.1 Å². The molecule has 0 saturated heterocycles. The van der Waals surface area contributed by atoms with Gasteiger partial charge in [-0.2, -0.15) is 4.98 Å². The van der Waals surface area contributed by atoms with Gasteiger partial charge in [0.25, 0.3) is 0 Å². The zero-order valence-electron chi connectivity index (χ0n) is 10.9. The molecule has 0 radical (unpaired) electrons. The molecule has 0 unspecified atom stereocenters. The van der Waals surface area contributed by atoms with Gasteiger partial charge in [-0.25, -0.2) is 4.98 Å². The predicted octanol–water partition coefficient (Wildman–Crippen LogP) is 2.73. The number of hydrogen-bond donors (Lipinski definition) is 0. The topological polar surface area (TPSA) is 32.3 Å². The lowest BCUT2D eigenvalue weighted by atomic mass is 10.3. The van der Waals surface area contributed by atoms with Crippen molar-refractivity contribution in [2.75, 3.05) is 39.1 Å². The maximum absolute atomic E-state index is 5.96. The molecule has 2 rings (SSSR count). The number of anilines is 1. The van der Waals surface area contributed by atoms with E-state index in [9.17, 15) is 0 Å². The summed E-state index contributed by atoms with van der Waals surface area (Å²) in [5.41, 5.74) is 0. The van der Waals surface area contributed by atoms with E-state index in [1.807, 2.05) is 18.5 Å². The number of thiophene rings is 1. The first kappa shape index (κ1) is 13.5. The fourth-order valence-electron chi connectivity index (χ4n) is 1.84. The molecule has 2 aromatic rings. The summed E-state index contributed by atoms with van der Waals surface area (Å²) < 4.78 is 0. The lowest BCUT2D eigenvalue weighted by Gasteiger charge is -2.20. The second kappa shape index (κ2) is 5.82. The minimum absolute atomic E-state index is 0.319. The van der Waals surface area contributed by atoms with Crippen LogP contribution < -0.4 is 4.90 Å². The molecule has 0 N–H and O–H groups in total. The fourth-order valence-corrected chi connectivity index (χ4v) is 2.81. The average molecular weight is 285 g/mol.